The molecule has 36 heavy (non-hydrogen) atoms. The summed E-state index contributed by atoms with van der Waals surface area (Å²) in [4.78, 5) is 18.7. The molecule has 0 spiro atoms. The molecule has 4 nitrogen and oxygen atoms in total. The van der Waals surface area contributed by atoms with Gasteiger partial charge in [-0.15, -0.1) is 5.48 Å². The molecule has 0 amide bonds. The third-order valence-electron chi connectivity index (χ3n) is 6.29. The molecule has 1 N–H and O–H groups in total. The number of carbonyl (C=O) groups is 1. The van der Waals surface area contributed by atoms with E-state index in [1.165, 1.54) is 5.56 Å². The second kappa shape index (κ2) is 11.7. The zero-order chi connectivity index (χ0) is 25.4. The van der Waals surface area contributed by atoms with Crippen LogP contribution in [-0.2, 0) is 28.0 Å². The van der Waals surface area contributed by atoms with Crippen LogP contribution in [0.5, 0.6) is 11.5 Å². The lowest BCUT2D eigenvalue weighted by molar-refractivity contribution is -0.161. The molecular formula is C32H33NO3. The minimum Gasteiger partial charge on any atom is -0.457 e. The highest BCUT2D eigenvalue weighted by Crippen LogP contribution is 2.27. The van der Waals surface area contributed by atoms with Gasteiger partial charge in [-0.1, -0.05) is 97.4 Å². The van der Waals surface area contributed by atoms with Crippen LogP contribution in [0.15, 0.2) is 109 Å². The lowest BCUT2D eigenvalue weighted by Gasteiger charge is -2.31. The number of hydroxylamine groups is 1. The molecule has 0 heterocycles. The number of hydrogen-bond acceptors (Lipinski definition) is 4. The van der Waals surface area contributed by atoms with Crippen molar-refractivity contribution >= 4 is 5.97 Å². The van der Waals surface area contributed by atoms with Gasteiger partial charge in [-0.05, 0) is 67.6 Å². The van der Waals surface area contributed by atoms with Gasteiger partial charge in [0.2, 0.25) is 0 Å². The maximum atomic E-state index is 13.0. The van der Waals surface area contributed by atoms with Gasteiger partial charge >= 0.3 is 5.97 Å². The smallest absolute Gasteiger partial charge is 0.327 e. The maximum Gasteiger partial charge on any atom is 0.327 e. The fourth-order valence-electron chi connectivity index (χ4n) is 4.19. The fraction of sp³-hybridized carbons (Fsp3) is 0.219. The van der Waals surface area contributed by atoms with Crippen molar-refractivity contribution in [3.05, 3.63) is 131 Å². The molecule has 4 heteroatoms. The largest absolute Gasteiger partial charge is 0.457 e. The van der Waals surface area contributed by atoms with Gasteiger partial charge in [0, 0.05) is 0 Å². The normalized spacial score (nSPS) is 13.4. The quantitative estimate of drug-likeness (QED) is 0.245. The number of aryl methyl sites for hydroxylation is 1. The van der Waals surface area contributed by atoms with Crippen LogP contribution >= 0.6 is 0 Å². The topological polar surface area (TPSA) is 47.6 Å². The first-order valence-corrected chi connectivity index (χ1v) is 12.3. The van der Waals surface area contributed by atoms with E-state index in [9.17, 15) is 4.79 Å². The van der Waals surface area contributed by atoms with Gasteiger partial charge in [-0.3, -0.25) is 4.79 Å². The molecule has 1 unspecified atom stereocenters. The maximum absolute atomic E-state index is 13.0. The van der Waals surface area contributed by atoms with Crippen molar-refractivity contribution in [2.24, 2.45) is 5.92 Å². The van der Waals surface area contributed by atoms with Gasteiger partial charge in [0.25, 0.3) is 0 Å². The van der Waals surface area contributed by atoms with Crippen molar-refractivity contribution in [2.45, 2.75) is 39.2 Å². The van der Waals surface area contributed by atoms with E-state index in [0.717, 1.165) is 28.2 Å². The summed E-state index contributed by atoms with van der Waals surface area (Å²) in [5.41, 5.74) is 6.94. The summed E-state index contributed by atoms with van der Waals surface area (Å²) >= 11 is 0. The zero-order valence-electron chi connectivity index (χ0n) is 21.1. The summed E-state index contributed by atoms with van der Waals surface area (Å²) in [6, 6.07) is 36.1. The Kier molecular flexibility index (Phi) is 8.19. The number of nitrogens with one attached hydrogen (secondary N) is 1. The standard InChI is InChI=1S/C32H33NO3/c1-24-17-19-29(20-18-24)35-30-16-10-13-27(22-30)21-25(2)31(34)36-33-32(3,28-14-8-5-9-15-28)23-26-11-6-4-7-12-26/h4-20,22,25,33H,21,23H2,1-3H3/t25?,32-/m0/s1. The van der Waals surface area contributed by atoms with Crippen LogP contribution in [0, 0.1) is 12.8 Å². The zero-order valence-corrected chi connectivity index (χ0v) is 21.1. The van der Waals surface area contributed by atoms with Gasteiger partial charge in [0.15, 0.2) is 0 Å². The van der Waals surface area contributed by atoms with Crippen molar-refractivity contribution in [1.29, 1.82) is 0 Å². The molecule has 184 valence electrons. The molecule has 0 fully saturated rings. The van der Waals surface area contributed by atoms with E-state index in [1.54, 1.807) is 0 Å². The number of benzene rings is 4. The van der Waals surface area contributed by atoms with E-state index in [0.29, 0.717) is 12.8 Å². The van der Waals surface area contributed by atoms with E-state index >= 15 is 0 Å². The van der Waals surface area contributed by atoms with Crippen molar-refractivity contribution in [1.82, 2.24) is 5.48 Å². The highest BCUT2D eigenvalue weighted by Gasteiger charge is 2.29. The highest BCUT2D eigenvalue weighted by molar-refractivity contribution is 5.72. The van der Waals surface area contributed by atoms with Crippen LogP contribution in [0.25, 0.3) is 0 Å². The summed E-state index contributed by atoms with van der Waals surface area (Å²) < 4.78 is 5.99. The molecule has 2 atom stereocenters. The van der Waals surface area contributed by atoms with Crippen LogP contribution < -0.4 is 10.2 Å². The number of ether oxygens (including phenoxy) is 1. The van der Waals surface area contributed by atoms with E-state index in [4.69, 9.17) is 9.57 Å². The van der Waals surface area contributed by atoms with Crippen molar-refractivity contribution in [3.8, 4) is 11.5 Å². The summed E-state index contributed by atoms with van der Waals surface area (Å²) in [7, 11) is 0. The third-order valence-corrected chi connectivity index (χ3v) is 6.29. The van der Waals surface area contributed by atoms with Crippen LogP contribution in [0.3, 0.4) is 0 Å². The Balaban J connectivity index is 1.40. The summed E-state index contributed by atoms with van der Waals surface area (Å²) in [6.45, 7) is 5.98. The molecule has 0 radical (unpaired) electrons. The van der Waals surface area contributed by atoms with E-state index in [2.05, 4.69) is 24.5 Å². The average molecular weight is 480 g/mol. The second-order valence-electron chi connectivity index (χ2n) is 9.55. The average Bonchev–Trinajstić information content (AvgIpc) is 2.90. The highest BCUT2D eigenvalue weighted by atomic mass is 16.7. The molecule has 0 bridgehead atoms. The van der Waals surface area contributed by atoms with E-state index in [-0.39, 0.29) is 11.9 Å². The molecule has 0 aliphatic rings. The molecule has 4 aromatic carbocycles. The molecule has 0 saturated heterocycles. The predicted octanol–water partition coefficient (Wildman–Crippen LogP) is 7.17. The Morgan fingerprint density at radius 3 is 2.14 bits per heavy atom. The first kappa shape index (κ1) is 25.2. The van der Waals surface area contributed by atoms with E-state index in [1.807, 2.05) is 111 Å². The lowest BCUT2D eigenvalue weighted by Crippen LogP contribution is -2.43. The molecule has 0 saturated carbocycles. The van der Waals surface area contributed by atoms with Crippen LogP contribution in [-0.4, -0.2) is 5.97 Å². The monoisotopic (exact) mass is 479 g/mol. The van der Waals surface area contributed by atoms with E-state index < -0.39 is 5.54 Å². The Hall–Kier alpha value is -3.89. The van der Waals surface area contributed by atoms with Gasteiger partial charge in [-0.2, -0.15) is 0 Å². The van der Waals surface area contributed by atoms with Crippen molar-refractivity contribution in [3.63, 3.8) is 0 Å². The minimum atomic E-state index is -0.570. The van der Waals surface area contributed by atoms with Gasteiger partial charge < -0.3 is 9.57 Å². The van der Waals surface area contributed by atoms with Crippen LogP contribution in [0.1, 0.15) is 36.1 Å². The molecular weight excluding hydrogens is 446 g/mol. The lowest BCUT2D eigenvalue weighted by atomic mass is 9.86. The summed E-state index contributed by atoms with van der Waals surface area (Å²) in [5, 5.41) is 0. The fourth-order valence-corrected chi connectivity index (χ4v) is 4.19. The predicted molar refractivity (Wildman–Crippen MR) is 144 cm³/mol. The second-order valence-corrected chi connectivity index (χ2v) is 9.55. The first-order valence-electron chi connectivity index (χ1n) is 12.3. The molecule has 0 aliphatic heterocycles. The summed E-state index contributed by atoms with van der Waals surface area (Å²) in [6.07, 6.45) is 1.23. The Morgan fingerprint density at radius 1 is 0.806 bits per heavy atom. The first-order chi connectivity index (χ1) is 17.4. The minimum absolute atomic E-state index is 0.296. The Bertz CT molecular complexity index is 1260. The van der Waals surface area contributed by atoms with Crippen molar-refractivity contribution < 1.29 is 14.4 Å². The number of rotatable bonds is 10. The molecule has 4 rings (SSSR count). The van der Waals surface area contributed by atoms with Crippen LogP contribution in [0.2, 0.25) is 0 Å². The summed E-state index contributed by atoms with van der Waals surface area (Å²) in [5.74, 6) is 0.904. The molecule has 0 aliphatic carbocycles. The van der Waals surface area contributed by atoms with Crippen molar-refractivity contribution in [2.75, 3.05) is 0 Å². The molecule has 0 aromatic heterocycles. The SMILES string of the molecule is Cc1ccc(Oc2cccc(CC(C)C(=O)ON[C@@](C)(Cc3ccccc3)c3ccccc3)c2)cc1. The number of carbonyl (C=O) groups excluding carboxylic acids is 1. The van der Waals surface area contributed by atoms with Crippen LogP contribution in [0.4, 0.5) is 0 Å². The van der Waals surface area contributed by atoms with Gasteiger partial charge in [0.05, 0.1) is 11.5 Å². The Labute approximate surface area is 213 Å². The van der Waals surface area contributed by atoms with Gasteiger partial charge in [0.1, 0.15) is 11.5 Å². The Morgan fingerprint density at radius 2 is 1.44 bits per heavy atom. The van der Waals surface area contributed by atoms with Gasteiger partial charge in [-0.25, -0.2) is 0 Å². The number of hydrogen-bond donors (Lipinski definition) is 1. The molecule has 4 aromatic rings. The third kappa shape index (κ3) is 6.83.